The highest BCUT2D eigenvalue weighted by molar-refractivity contribution is 7.99. The van der Waals surface area contributed by atoms with Gasteiger partial charge in [-0.05, 0) is 48.4 Å². The van der Waals surface area contributed by atoms with Gasteiger partial charge in [0, 0.05) is 36.8 Å². The molecule has 182 valence electrons. The lowest BCUT2D eigenvalue weighted by Gasteiger charge is -2.26. The molecule has 4 rings (SSSR count). The number of hydrogen-bond donors (Lipinski definition) is 2. The van der Waals surface area contributed by atoms with Crippen LogP contribution in [-0.4, -0.2) is 47.9 Å². The highest BCUT2D eigenvalue weighted by atomic mass is 32.2. The van der Waals surface area contributed by atoms with Gasteiger partial charge in [0.25, 0.3) is 11.8 Å². The molecule has 3 aromatic carbocycles. The van der Waals surface area contributed by atoms with Crippen LogP contribution in [-0.2, 0) is 11.3 Å². The predicted molar refractivity (Wildman–Crippen MR) is 139 cm³/mol. The number of carbonyl (C=O) groups excluding carboxylic acids is 2. The summed E-state index contributed by atoms with van der Waals surface area (Å²) in [6.45, 7) is 4.71. The molecule has 0 radical (unpaired) electrons. The Morgan fingerprint density at radius 1 is 0.971 bits per heavy atom. The molecule has 0 saturated carbocycles. The SMILES string of the molecule is Cc1cc(CN2CCSCC2)ccc1NC(=O)c1ccccc1OCC(=O)Nc1ccccc1F. The van der Waals surface area contributed by atoms with Gasteiger partial charge in [-0.1, -0.05) is 36.4 Å². The Morgan fingerprint density at radius 2 is 1.71 bits per heavy atom. The van der Waals surface area contributed by atoms with E-state index in [4.69, 9.17) is 4.74 Å². The molecule has 0 unspecified atom stereocenters. The van der Waals surface area contributed by atoms with Gasteiger partial charge in [-0.3, -0.25) is 14.5 Å². The second-order valence-corrected chi connectivity index (χ2v) is 9.53. The Kier molecular flexibility index (Phi) is 8.39. The fourth-order valence-electron chi connectivity index (χ4n) is 3.84. The second kappa shape index (κ2) is 11.9. The Labute approximate surface area is 208 Å². The maximum atomic E-state index is 13.8. The van der Waals surface area contributed by atoms with E-state index < -0.39 is 11.7 Å². The number of amides is 2. The van der Waals surface area contributed by atoms with E-state index in [-0.39, 0.29) is 24.0 Å². The highest BCUT2D eigenvalue weighted by Crippen LogP contribution is 2.23. The molecular formula is C27H28FN3O3S. The first kappa shape index (κ1) is 24.8. The number of thioether (sulfide) groups is 1. The number of aryl methyl sites for hydroxylation is 1. The van der Waals surface area contributed by atoms with Crippen LogP contribution in [0, 0.1) is 12.7 Å². The molecule has 0 aliphatic carbocycles. The van der Waals surface area contributed by atoms with E-state index >= 15 is 0 Å². The number of ether oxygens (including phenoxy) is 1. The zero-order valence-electron chi connectivity index (χ0n) is 19.6. The van der Waals surface area contributed by atoms with Gasteiger partial charge in [-0.2, -0.15) is 11.8 Å². The van der Waals surface area contributed by atoms with E-state index in [0.717, 1.165) is 30.9 Å². The zero-order chi connectivity index (χ0) is 24.6. The van der Waals surface area contributed by atoms with Gasteiger partial charge in [0.05, 0.1) is 11.3 Å². The lowest BCUT2D eigenvalue weighted by molar-refractivity contribution is -0.118. The summed E-state index contributed by atoms with van der Waals surface area (Å²) < 4.78 is 19.4. The number of halogens is 1. The van der Waals surface area contributed by atoms with Crippen LogP contribution in [0.1, 0.15) is 21.5 Å². The summed E-state index contributed by atoms with van der Waals surface area (Å²) in [5.74, 6) is 1.21. The molecule has 8 heteroatoms. The molecule has 2 N–H and O–H groups in total. The molecule has 6 nitrogen and oxygen atoms in total. The summed E-state index contributed by atoms with van der Waals surface area (Å²) in [7, 11) is 0. The van der Waals surface area contributed by atoms with Crippen LogP contribution < -0.4 is 15.4 Å². The van der Waals surface area contributed by atoms with Crippen molar-refractivity contribution in [2.45, 2.75) is 13.5 Å². The van der Waals surface area contributed by atoms with Gasteiger partial charge in [0.15, 0.2) is 6.61 Å². The van der Waals surface area contributed by atoms with Crippen molar-refractivity contribution in [3.63, 3.8) is 0 Å². The fourth-order valence-corrected chi connectivity index (χ4v) is 4.82. The Bertz CT molecular complexity index is 1200. The first-order valence-electron chi connectivity index (χ1n) is 11.5. The third kappa shape index (κ3) is 6.83. The van der Waals surface area contributed by atoms with Crippen molar-refractivity contribution in [1.82, 2.24) is 4.90 Å². The zero-order valence-corrected chi connectivity index (χ0v) is 20.4. The van der Waals surface area contributed by atoms with E-state index in [1.807, 2.05) is 30.8 Å². The fraction of sp³-hybridized carbons (Fsp3) is 0.259. The summed E-state index contributed by atoms with van der Waals surface area (Å²) in [5, 5.41) is 5.41. The van der Waals surface area contributed by atoms with Crippen LogP contribution in [0.5, 0.6) is 5.75 Å². The van der Waals surface area contributed by atoms with Gasteiger partial charge in [0.2, 0.25) is 0 Å². The average molecular weight is 494 g/mol. The summed E-state index contributed by atoms with van der Waals surface area (Å²) in [6, 6.07) is 18.7. The maximum Gasteiger partial charge on any atom is 0.262 e. The Hall–Kier alpha value is -3.36. The Morgan fingerprint density at radius 3 is 2.49 bits per heavy atom. The number of nitrogens with one attached hydrogen (secondary N) is 2. The van der Waals surface area contributed by atoms with Crippen LogP contribution in [0.15, 0.2) is 66.7 Å². The Balaban J connectivity index is 1.37. The molecule has 0 bridgehead atoms. The van der Waals surface area contributed by atoms with Gasteiger partial charge in [0.1, 0.15) is 11.6 Å². The topological polar surface area (TPSA) is 70.7 Å². The van der Waals surface area contributed by atoms with Gasteiger partial charge >= 0.3 is 0 Å². The maximum absolute atomic E-state index is 13.8. The highest BCUT2D eigenvalue weighted by Gasteiger charge is 2.16. The summed E-state index contributed by atoms with van der Waals surface area (Å²) in [4.78, 5) is 27.7. The van der Waals surface area contributed by atoms with E-state index in [1.165, 1.54) is 29.2 Å². The molecule has 0 atom stereocenters. The monoisotopic (exact) mass is 493 g/mol. The van der Waals surface area contributed by atoms with Crippen LogP contribution in [0.25, 0.3) is 0 Å². The summed E-state index contributed by atoms with van der Waals surface area (Å²) >= 11 is 1.99. The third-order valence-corrected chi connectivity index (χ3v) is 6.63. The molecule has 3 aromatic rings. The van der Waals surface area contributed by atoms with E-state index in [9.17, 15) is 14.0 Å². The quantitative estimate of drug-likeness (QED) is 0.465. The van der Waals surface area contributed by atoms with Gasteiger partial charge in [-0.15, -0.1) is 0 Å². The second-order valence-electron chi connectivity index (χ2n) is 8.30. The number of anilines is 2. The smallest absolute Gasteiger partial charge is 0.262 e. The third-order valence-electron chi connectivity index (χ3n) is 5.69. The number of nitrogens with zero attached hydrogens (tertiary/aromatic N) is 1. The van der Waals surface area contributed by atoms with Crippen molar-refractivity contribution in [3.8, 4) is 5.75 Å². The molecule has 1 heterocycles. The number of carbonyl (C=O) groups is 2. The number of benzene rings is 3. The average Bonchev–Trinajstić information content (AvgIpc) is 2.86. The van der Waals surface area contributed by atoms with Crippen molar-refractivity contribution < 1.29 is 18.7 Å². The van der Waals surface area contributed by atoms with Crippen molar-refractivity contribution in [1.29, 1.82) is 0 Å². The van der Waals surface area contributed by atoms with E-state index in [1.54, 1.807) is 36.4 Å². The molecule has 1 saturated heterocycles. The molecule has 35 heavy (non-hydrogen) atoms. The van der Waals surface area contributed by atoms with Crippen molar-refractivity contribution in [3.05, 3.63) is 89.2 Å². The minimum Gasteiger partial charge on any atom is -0.483 e. The summed E-state index contributed by atoms with van der Waals surface area (Å²) in [5.41, 5.74) is 3.30. The first-order chi connectivity index (χ1) is 17.0. The molecule has 1 fully saturated rings. The first-order valence-corrected chi connectivity index (χ1v) is 12.6. The standard InChI is InChI=1S/C27H28FN3O3S/c1-19-16-20(17-31-12-14-35-15-13-31)10-11-23(19)30-27(33)21-6-2-5-9-25(21)34-18-26(32)29-24-8-4-3-7-22(24)28/h2-11,16H,12-15,17-18H2,1H3,(H,29,32)(H,30,33). The van der Waals surface area contributed by atoms with Crippen LogP contribution in [0.4, 0.5) is 15.8 Å². The van der Waals surface area contributed by atoms with Gasteiger partial charge < -0.3 is 15.4 Å². The number of para-hydroxylation sites is 2. The largest absolute Gasteiger partial charge is 0.483 e. The van der Waals surface area contributed by atoms with Crippen molar-refractivity contribution in [2.24, 2.45) is 0 Å². The number of hydrogen-bond acceptors (Lipinski definition) is 5. The van der Waals surface area contributed by atoms with Crippen LogP contribution >= 0.6 is 11.8 Å². The molecule has 1 aliphatic heterocycles. The lowest BCUT2D eigenvalue weighted by atomic mass is 10.1. The minimum atomic E-state index is -0.531. The van der Waals surface area contributed by atoms with Crippen molar-refractivity contribution in [2.75, 3.05) is 41.8 Å². The van der Waals surface area contributed by atoms with Crippen molar-refractivity contribution >= 4 is 35.0 Å². The molecule has 2 amide bonds. The summed E-state index contributed by atoms with van der Waals surface area (Å²) in [6.07, 6.45) is 0. The molecule has 0 aromatic heterocycles. The molecule has 0 spiro atoms. The lowest BCUT2D eigenvalue weighted by Crippen LogP contribution is -2.31. The van der Waals surface area contributed by atoms with E-state index in [2.05, 4.69) is 21.6 Å². The van der Waals surface area contributed by atoms with E-state index in [0.29, 0.717) is 5.56 Å². The van der Waals surface area contributed by atoms with Crippen LogP contribution in [0.3, 0.4) is 0 Å². The minimum absolute atomic E-state index is 0.0743. The normalized spacial score (nSPS) is 13.8. The molecular weight excluding hydrogens is 465 g/mol. The number of rotatable bonds is 8. The van der Waals surface area contributed by atoms with Crippen LogP contribution in [0.2, 0.25) is 0 Å². The predicted octanol–water partition coefficient (Wildman–Crippen LogP) is 4.95. The molecule has 1 aliphatic rings. The van der Waals surface area contributed by atoms with Gasteiger partial charge in [-0.25, -0.2) is 4.39 Å².